The topological polar surface area (TPSA) is 69.5 Å². The van der Waals surface area contributed by atoms with Gasteiger partial charge >= 0.3 is 0 Å². The molecule has 0 aliphatic carbocycles. The number of nitrogens with zero attached hydrogens (tertiary/aromatic N) is 4. The lowest BCUT2D eigenvalue weighted by Crippen LogP contribution is -2.42. The van der Waals surface area contributed by atoms with Crippen LogP contribution in [-0.2, 0) is 9.53 Å². The normalized spacial score (nSPS) is 18.5. The van der Waals surface area contributed by atoms with Crippen molar-refractivity contribution in [3.63, 3.8) is 0 Å². The Bertz CT molecular complexity index is 862. The minimum absolute atomic E-state index is 0.257. The fourth-order valence-electron chi connectivity index (χ4n) is 3.97. The average Bonchev–Trinajstić information content (AvgIpc) is 2.74. The van der Waals surface area contributed by atoms with Gasteiger partial charge in [-0.3, -0.25) is 4.79 Å². The minimum atomic E-state index is 0.257. The highest BCUT2D eigenvalue weighted by molar-refractivity contribution is 5.86. The highest BCUT2D eigenvalue weighted by Gasteiger charge is 2.25. The Balaban J connectivity index is 1.40. The number of rotatable bonds is 3. The Kier molecular flexibility index (Phi) is 5.21. The zero-order valence-corrected chi connectivity index (χ0v) is 15.4. The van der Waals surface area contributed by atoms with E-state index in [0.29, 0.717) is 31.1 Å². The summed E-state index contributed by atoms with van der Waals surface area (Å²) in [7, 11) is 0. The molecule has 2 aliphatic heterocycles. The highest BCUT2D eigenvalue weighted by Crippen LogP contribution is 2.28. The molecule has 2 fully saturated rings. The summed E-state index contributed by atoms with van der Waals surface area (Å²) in [5, 5.41) is 10.4. The van der Waals surface area contributed by atoms with Crippen molar-refractivity contribution < 1.29 is 9.53 Å². The molecule has 1 aromatic heterocycles. The van der Waals surface area contributed by atoms with E-state index < -0.39 is 0 Å². The molecule has 0 spiro atoms. The molecule has 2 aliphatic rings. The van der Waals surface area contributed by atoms with E-state index in [9.17, 15) is 10.1 Å². The lowest BCUT2D eigenvalue weighted by molar-refractivity contribution is -0.136. The number of aromatic nitrogens is 1. The first-order valence-electron chi connectivity index (χ1n) is 9.65. The van der Waals surface area contributed by atoms with E-state index in [4.69, 9.17) is 9.72 Å². The third-order valence-electron chi connectivity index (χ3n) is 5.59. The largest absolute Gasteiger partial charge is 0.378 e. The quantitative estimate of drug-likeness (QED) is 0.837. The van der Waals surface area contributed by atoms with Crippen molar-refractivity contribution in [3.8, 4) is 6.07 Å². The molecule has 0 radical (unpaired) electrons. The Hall–Kier alpha value is -2.65. The number of fused-ring (bicyclic) bond motifs is 1. The van der Waals surface area contributed by atoms with Crippen LogP contribution in [0.5, 0.6) is 0 Å². The number of benzene rings is 1. The Morgan fingerprint density at radius 1 is 1.19 bits per heavy atom. The summed E-state index contributed by atoms with van der Waals surface area (Å²) < 4.78 is 5.32. The number of amides is 1. The second-order valence-electron chi connectivity index (χ2n) is 7.28. The summed E-state index contributed by atoms with van der Waals surface area (Å²) in [5.41, 5.74) is 1.52. The van der Waals surface area contributed by atoms with Gasteiger partial charge in [-0.1, -0.05) is 18.2 Å². The molecule has 0 saturated carbocycles. The number of carbonyl (C=O) groups is 1. The molecule has 1 amide bonds. The average molecular weight is 364 g/mol. The molecule has 2 aromatic rings. The third-order valence-corrected chi connectivity index (χ3v) is 5.59. The molecule has 6 nitrogen and oxygen atoms in total. The molecule has 6 heteroatoms. The number of carbonyl (C=O) groups excluding carboxylic acids is 1. The van der Waals surface area contributed by atoms with Crippen molar-refractivity contribution in [1.82, 2.24) is 9.88 Å². The van der Waals surface area contributed by atoms with E-state index in [1.165, 1.54) is 0 Å². The Morgan fingerprint density at radius 2 is 1.93 bits per heavy atom. The van der Waals surface area contributed by atoms with Crippen LogP contribution in [0.25, 0.3) is 10.9 Å². The van der Waals surface area contributed by atoms with Crippen molar-refractivity contribution in [2.45, 2.75) is 19.3 Å². The molecule has 0 unspecified atom stereocenters. The number of pyridine rings is 1. The smallest absolute Gasteiger partial charge is 0.223 e. The van der Waals surface area contributed by atoms with Crippen LogP contribution in [0.1, 0.15) is 24.8 Å². The molecule has 4 rings (SSSR count). The van der Waals surface area contributed by atoms with Gasteiger partial charge in [-0.15, -0.1) is 0 Å². The zero-order valence-electron chi connectivity index (χ0n) is 15.4. The van der Waals surface area contributed by atoms with E-state index in [0.717, 1.165) is 55.7 Å². The van der Waals surface area contributed by atoms with Crippen LogP contribution in [0.15, 0.2) is 30.3 Å². The molecule has 2 saturated heterocycles. The van der Waals surface area contributed by atoms with Crippen LogP contribution < -0.4 is 4.90 Å². The first kappa shape index (κ1) is 17.7. The molecular weight excluding hydrogens is 340 g/mol. The predicted octanol–water partition coefficient (Wildman–Crippen LogP) is 2.57. The van der Waals surface area contributed by atoms with Gasteiger partial charge in [0, 0.05) is 38.0 Å². The zero-order chi connectivity index (χ0) is 18.6. The van der Waals surface area contributed by atoms with Crippen molar-refractivity contribution in [3.05, 3.63) is 35.9 Å². The summed E-state index contributed by atoms with van der Waals surface area (Å²) in [6.07, 6.45) is 2.58. The van der Waals surface area contributed by atoms with Crippen LogP contribution in [0.2, 0.25) is 0 Å². The fraction of sp³-hybridized carbons (Fsp3) is 0.476. The van der Waals surface area contributed by atoms with Gasteiger partial charge in [-0.05, 0) is 30.9 Å². The van der Waals surface area contributed by atoms with Crippen molar-refractivity contribution in [2.75, 3.05) is 44.3 Å². The van der Waals surface area contributed by atoms with Gasteiger partial charge in [0.2, 0.25) is 5.91 Å². The van der Waals surface area contributed by atoms with Crippen LogP contribution in [0.3, 0.4) is 0 Å². The maximum absolute atomic E-state index is 12.5. The summed E-state index contributed by atoms with van der Waals surface area (Å²) in [5.74, 6) is 1.54. The number of nitriles is 1. The van der Waals surface area contributed by atoms with Crippen LogP contribution in [0.4, 0.5) is 5.82 Å². The van der Waals surface area contributed by atoms with E-state index in [-0.39, 0.29) is 5.91 Å². The van der Waals surface area contributed by atoms with Crippen molar-refractivity contribution in [1.29, 1.82) is 5.26 Å². The Morgan fingerprint density at radius 3 is 2.67 bits per heavy atom. The second-order valence-corrected chi connectivity index (χ2v) is 7.28. The predicted molar refractivity (Wildman–Crippen MR) is 103 cm³/mol. The van der Waals surface area contributed by atoms with Crippen LogP contribution in [-0.4, -0.2) is 55.2 Å². The monoisotopic (exact) mass is 364 g/mol. The Labute approximate surface area is 159 Å². The summed E-state index contributed by atoms with van der Waals surface area (Å²) in [4.78, 5) is 21.4. The van der Waals surface area contributed by atoms with Gasteiger partial charge in [-0.25, -0.2) is 4.98 Å². The molecular formula is C21H24N4O2. The number of hydrogen-bond acceptors (Lipinski definition) is 5. The van der Waals surface area contributed by atoms with Crippen LogP contribution in [0, 0.1) is 17.2 Å². The first-order chi connectivity index (χ1) is 13.2. The van der Waals surface area contributed by atoms with E-state index in [1.807, 2.05) is 35.2 Å². The molecule has 140 valence electrons. The second kappa shape index (κ2) is 7.93. The van der Waals surface area contributed by atoms with Gasteiger partial charge in [0.05, 0.1) is 30.4 Å². The number of ether oxygens (including phenoxy) is 1. The third kappa shape index (κ3) is 3.88. The van der Waals surface area contributed by atoms with E-state index >= 15 is 0 Å². The van der Waals surface area contributed by atoms with E-state index in [2.05, 4.69) is 11.0 Å². The first-order valence-corrected chi connectivity index (χ1v) is 9.65. The molecule has 0 atom stereocenters. The number of hydrogen-bond donors (Lipinski definition) is 0. The number of para-hydroxylation sites is 1. The molecule has 1 aromatic carbocycles. The minimum Gasteiger partial charge on any atom is -0.378 e. The SMILES string of the molecule is N#Cc1cc(N2CCC(CC(=O)N3CCOCC3)CC2)nc2ccccc12. The summed E-state index contributed by atoms with van der Waals surface area (Å²) in [6, 6.07) is 12.0. The molecule has 0 N–H and O–H groups in total. The van der Waals surface area contributed by atoms with Crippen molar-refractivity contribution in [2.24, 2.45) is 5.92 Å². The summed E-state index contributed by atoms with van der Waals surface area (Å²) >= 11 is 0. The van der Waals surface area contributed by atoms with Gasteiger partial charge in [-0.2, -0.15) is 5.26 Å². The fourth-order valence-corrected chi connectivity index (χ4v) is 3.97. The number of piperidine rings is 1. The maximum Gasteiger partial charge on any atom is 0.223 e. The number of morpholine rings is 1. The molecule has 0 bridgehead atoms. The van der Waals surface area contributed by atoms with Gasteiger partial charge in [0.1, 0.15) is 5.82 Å². The summed E-state index contributed by atoms with van der Waals surface area (Å²) in [6.45, 7) is 4.48. The standard InChI is InChI=1S/C21H24N4O2/c22-15-17-14-20(23-19-4-2-1-3-18(17)19)24-7-5-16(6-8-24)13-21(26)25-9-11-27-12-10-25/h1-4,14,16H,5-13H2. The molecule has 27 heavy (non-hydrogen) atoms. The van der Waals surface area contributed by atoms with Gasteiger partial charge < -0.3 is 14.5 Å². The molecule has 3 heterocycles. The van der Waals surface area contributed by atoms with Gasteiger partial charge in [0.25, 0.3) is 0 Å². The van der Waals surface area contributed by atoms with E-state index in [1.54, 1.807) is 0 Å². The van der Waals surface area contributed by atoms with Crippen molar-refractivity contribution >= 4 is 22.6 Å². The number of anilines is 1. The highest BCUT2D eigenvalue weighted by atomic mass is 16.5. The van der Waals surface area contributed by atoms with Gasteiger partial charge in [0.15, 0.2) is 0 Å². The lowest BCUT2D eigenvalue weighted by atomic mass is 9.92. The maximum atomic E-state index is 12.5. The lowest BCUT2D eigenvalue weighted by Gasteiger charge is -2.34. The van der Waals surface area contributed by atoms with Crippen LogP contribution >= 0.6 is 0 Å².